The molecule has 2 rings (SSSR count). The van der Waals surface area contributed by atoms with E-state index in [1.54, 1.807) is 6.33 Å². The summed E-state index contributed by atoms with van der Waals surface area (Å²) < 4.78 is 1.88. The molecule has 0 spiro atoms. The molecule has 12 heavy (non-hydrogen) atoms. The molecule has 0 atom stereocenters. The van der Waals surface area contributed by atoms with Crippen LogP contribution in [-0.2, 0) is 7.05 Å². The van der Waals surface area contributed by atoms with Crippen molar-refractivity contribution in [1.82, 2.24) is 9.55 Å². The van der Waals surface area contributed by atoms with Gasteiger partial charge in [0.25, 0.3) is 0 Å². The number of aryl methyl sites for hydroxylation is 1. The van der Waals surface area contributed by atoms with Crippen molar-refractivity contribution in [2.75, 3.05) is 18.6 Å². The van der Waals surface area contributed by atoms with Crippen molar-refractivity contribution in [3.8, 4) is 0 Å². The standard InChI is InChI=1S/C7H11N5/c1-11-4-10-7-5(11)6(8)9-3-12(7)2/h4H,3H2,1-2H3,(H2,8,9). The van der Waals surface area contributed by atoms with Crippen LogP contribution in [0.2, 0.25) is 0 Å². The maximum absolute atomic E-state index is 5.72. The first-order chi connectivity index (χ1) is 5.70. The van der Waals surface area contributed by atoms with Gasteiger partial charge in [0, 0.05) is 14.1 Å². The minimum Gasteiger partial charge on any atom is -0.382 e. The molecule has 5 nitrogen and oxygen atoms in total. The number of rotatable bonds is 0. The molecule has 0 unspecified atom stereocenters. The van der Waals surface area contributed by atoms with Crippen LogP contribution in [0.15, 0.2) is 11.3 Å². The number of aliphatic imine (C=N–C) groups is 1. The van der Waals surface area contributed by atoms with E-state index in [1.807, 2.05) is 23.6 Å². The second-order valence-electron chi connectivity index (χ2n) is 2.91. The maximum atomic E-state index is 5.72. The summed E-state index contributed by atoms with van der Waals surface area (Å²) in [5, 5.41) is 0. The van der Waals surface area contributed by atoms with Gasteiger partial charge in [-0.15, -0.1) is 0 Å². The topological polar surface area (TPSA) is 59.4 Å². The summed E-state index contributed by atoms with van der Waals surface area (Å²) in [4.78, 5) is 10.3. The van der Waals surface area contributed by atoms with Crippen molar-refractivity contribution in [1.29, 1.82) is 0 Å². The van der Waals surface area contributed by atoms with Gasteiger partial charge in [-0.1, -0.05) is 0 Å². The summed E-state index contributed by atoms with van der Waals surface area (Å²) >= 11 is 0. The van der Waals surface area contributed by atoms with Gasteiger partial charge in [-0.05, 0) is 0 Å². The van der Waals surface area contributed by atoms with E-state index in [-0.39, 0.29) is 0 Å². The van der Waals surface area contributed by atoms with Gasteiger partial charge in [0.05, 0.1) is 6.33 Å². The third kappa shape index (κ3) is 0.792. The van der Waals surface area contributed by atoms with Gasteiger partial charge in [0.2, 0.25) is 0 Å². The molecular formula is C7H11N5. The van der Waals surface area contributed by atoms with Crippen LogP contribution in [0.4, 0.5) is 5.82 Å². The lowest BCUT2D eigenvalue weighted by atomic mass is 10.3. The van der Waals surface area contributed by atoms with Crippen LogP contribution in [0.5, 0.6) is 0 Å². The van der Waals surface area contributed by atoms with Crippen molar-refractivity contribution >= 4 is 11.7 Å². The van der Waals surface area contributed by atoms with Gasteiger partial charge in [-0.2, -0.15) is 0 Å². The number of fused-ring (bicyclic) bond motifs is 1. The number of hydrogen-bond donors (Lipinski definition) is 1. The van der Waals surface area contributed by atoms with Gasteiger partial charge >= 0.3 is 0 Å². The first-order valence-electron chi connectivity index (χ1n) is 3.73. The van der Waals surface area contributed by atoms with E-state index in [1.165, 1.54) is 0 Å². The highest BCUT2D eigenvalue weighted by atomic mass is 15.3. The van der Waals surface area contributed by atoms with E-state index in [0.29, 0.717) is 12.5 Å². The number of nitrogens with two attached hydrogens (primary N) is 1. The lowest BCUT2D eigenvalue weighted by Gasteiger charge is -2.20. The third-order valence-corrected chi connectivity index (χ3v) is 1.98. The Labute approximate surface area is 70.5 Å². The normalized spacial score (nSPS) is 15.8. The van der Waals surface area contributed by atoms with Crippen LogP contribution in [0.25, 0.3) is 0 Å². The molecule has 0 radical (unpaired) electrons. The van der Waals surface area contributed by atoms with E-state index in [9.17, 15) is 0 Å². The summed E-state index contributed by atoms with van der Waals surface area (Å²) in [7, 11) is 3.86. The quantitative estimate of drug-likeness (QED) is 0.565. The van der Waals surface area contributed by atoms with Gasteiger partial charge in [0.1, 0.15) is 18.2 Å². The maximum Gasteiger partial charge on any atom is 0.159 e. The highest BCUT2D eigenvalue weighted by Crippen LogP contribution is 2.19. The Kier molecular flexibility index (Phi) is 1.33. The van der Waals surface area contributed by atoms with Crippen LogP contribution in [-0.4, -0.2) is 29.1 Å². The van der Waals surface area contributed by atoms with E-state index in [2.05, 4.69) is 9.98 Å². The first kappa shape index (κ1) is 7.15. The predicted octanol–water partition coefficient (Wildman–Crippen LogP) is -0.467. The highest BCUT2D eigenvalue weighted by Gasteiger charge is 2.19. The Hall–Kier alpha value is -1.52. The number of amidine groups is 1. The molecule has 64 valence electrons. The van der Waals surface area contributed by atoms with E-state index >= 15 is 0 Å². The number of nitrogens with zero attached hydrogens (tertiary/aromatic N) is 4. The molecule has 0 aliphatic carbocycles. The zero-order valence-electron chi connectivity index (χ0n) is 7.15. The monoisotopic (exact) mass is 165 g/mol. The average molecular weight is 165 g/mol. The zero-order chi connectivity index (χ0) is 8.72. The molecule has 0 amide bonds. The molecule has 1 aromatic rings. The van der Waals surface area contributed by atoms with Crippen LogP contribution in [0, 0.1) is 0 Å². The van der Waals surface area contributed by atoms with Gasteiger partial charge < -0.3 is 15.2 Å². The summed E-state index contributed by atoms with van der Waals surface area (Å²) in [5.41, 5.74) is 6.62. The number of anilines is 1. The lowest BCUT2D eigenvalue weighted by Crippen LogP contribution is -2.30. The fourth-order valence-corrected chi connectivity index (χ4v) is 1.32. The summed E-state index contributed by atoms with van der Waals surface area (Å²) in [6, 6.07) is 0. The Morgan fingerprint density at radius 1 is 1.50 bits per heavy atom. The number of aromatic nitrogens is 2. The Morgan fingerprint density at radius 2 is 2.25 bits per heavy atom. The molecule has 0 bridgehead atoms. The van der Waals surface area contributed by atoms with Crippen molar-refractivity contribution in [3.05, 3.63) is 12.0 Å². The second kappa shape index (κ2) is 2.23. The summed E-state index contributed by atoms with van der Waals surface area (Å²) in [6.07, 6.45) is 1.74. The van der Waals surface area contributed by atoms with Gasteiger partial charge in [0.15, 0.2) is 5.82 Å². The van der Waals surface area contributed by atoms with Crippen molar-refractivity contribution in [2.24, 2.45) is 17.8 Å². The lowest BCUT2D eigenvalue weighted by molar-refractivity contribution is 0.864. The fraction of sp³-hybridized carbons (Fsp3) is 0.429. The van der Waals surface area contributed by atoms with Gasteiger partial charge in [-0.3, -0.25) is 0 Å². The van der Waals surface area contributed by atoms with Crippen LogP contribution < -0.4 is 10.6 Å². The molecule has 0 fully saturated rings. The number of hydrogen-bond acceptors (Lipinski definition) is 4. The van der Waals surface area contributed by atoms with Gasteiger partial charge in [-0.25, -0.2) is 9.98 Å². The van der Waals surface area contributed by atoms with Crippen LogP contribution >= 0.6 is 0 Å². The largest absolute Gasteiger partial charge is 0.382 e. The fourth-order valence-electron chi connectivity index (χ4n) is 1.32. The van der Waals surface area contributed by atoms with E-state index in [4.69, 9.17) is 5.73 Å². The molecule has 2 N–H and O–H groups in total. The molecule has 5 heteroatoms. The molecule has 1 aliphatic heterocycles. The molecule has 2 heterocycles. The SMILES string of the molecule is CN1CN=C(N)c2c1ncn2C. The van der Waals surface area contributed by atoms with Crippen molar-refractivity contribution in [2.45, 2.75) is 0 Å². The summed E-state index contributed by atoms with van der Waals surface area (Å²) in [6.45, 7) is 0.593. The minimum atomic E-state index is 0.572. The molecular weight excluding hydrogens is 154 g/mol. The zero-order valence-corrected chi connectivity index (χ0v) is 7.15. The summed E-state index contributed by atoms with van der Waals surface area (Å²) in [5.74, 6) is 1.48. The Balaban J connectivity index is 2.61. The molecule has 1 aliphatic rings. The van der Waals surface area contributed by atoms with E-state index in [0.717, 1.165) is 11.5 Å². The van der Waals surface area contributed by atoms with Crippen molar-refractivity contribution < 1.29 is 0 Å². The van der Waals surface area contributed by atoms with Crippen LogP contribution in [0.3, 0.4) is 0 Å². The predicted molar refractivity (Wildman–Crippen MR) is 47.2 cm³/mol. The number of imidazole rings is 1. The Bertz CT molecular complexity index is 338. The van der Waals surface area contributed by atoms with Crippen molar-refractivity contribution in [3.63, 3.8) is 0 Å². The average Bonchev–Trinajstić information content (AvgIpc) is 2.42. The molecule has 1 aromatic heterocycles. The smallest absolute Gasteiger partial charge is 0.159 e. The first-order valence-corrected chi connectivity index (χ1v) is 3.73. The van der Waals surface area contributed by atoms with E-state index < -0.39 is 0 Å². The third-order valence-electron chi connectivity index (χ3n) is 1.98. The molecule has 0 saturated heterocycles. The Morgan fingerprint density at radius 3 is 2.92 bits per heavy atom. The van der Waals surface area contributed by atoms with Crippen LogP contribution in [0.1, 0.15) is 5.69 Å². The minimum absolute atomic E-state index is 0.572. The molecule has 0 aromatic carbocycles. The second-order valence-corrected chi connectivity index (χ2v) is 2.91. The molecule has 0 saturated carbocycles. The highest BCUT2D eigenvalue weighted by molar-refractivity contribution is 6.01.